The fraction of sp³-hybridized carbons (Fsp3) is 0.0625. The van der Waals surface area contributed by atoms with Crippen LogP contribution in [0.3, 0.4) is 0 Å². The Hall–Kier alpha value is -3.15. The summed E-state index contributed by atoms with van der Waals surface area (Å²) < 4.78 is 10.4. The predicted molar refractivity (Wildman–Crippen MR) is 78.3 cm³/mol. The zero-order chi connectivity index (χ0) is 15.4. The maximum absolute atomic E-state index is 10.5. The SMILES string of the molecule is O=C(O)COc1cccc(-c2noc(-c3ccccc3)n2)c1. The van der Waals surface area contributed by atoms with E-state index in [0.29, 0.717) is 23.0 Å². The van der Waals surface area contributed by atoms with E-state index in [1.54, 1.807) is 24.3 Å². The number of carboxylic acids is 1. The monoisotopic (exact) mass is 296 g/mol. The summed E-state index contributed by atoms with van der Waals surface area (Å²) in [6.45, 7) is -0.398. The van der Waals surface area contributed by atoms with Gasteiger partial charge in [-0.3, -0.25) is 0 Å². The number of benzene rings is 2. The lowest BCUT2D eigenvalue weighted by Crippen LogP contribution is -2.09. The molecule has 1 aromatic heterocycles. The topological polar surface area (TPSA) is 85.5 Å². The molecule has 6 nitrogen and oxygen atoms in total. The number of rotatable bonds is 5. The van der Waals surface area contributed by atoms with Crippen LogP contribution in [0.1, 0.15) is 0 Å². The van der Waals surface area contributed by atoms with Crippen LogP contribution in [0.2, 0.25) is 0 Å². The minimum atomic E-state index is -1.03. The molecular formula is C16H12N2O4. The van der Waals surface area contributed by atoms with Crippen LogP contribution in [0.15, 0.2) is 59.1 Å². The number of aromatic nitrogens is 2. The van der Waals surface area contributed by atoms with Crippen molar-refractivity contribution < 1.29 is 19.2 Å². The van der Waals surface area contributed by atoms with Crippen molar-refractivity contribution in [3.63, 3.8) is 0 Å². The van der Waals surface area contributed by atoms with Crippen LogP contribution in [-0.2, 0) is 4.79 Å². The summed E-state index contributed by atoms with van der Waals surface area (Å²) in [5.74, 6) is 0.245. The fourth-order valence-electron chi connectivity index (χ4n) is 1.91. The highest BCUT2D eigenvalue weighted by molar-refractivity contribution is 5.68. The molecule has 2 aromatic carbocycles. The molecule has 0 saturated carbocycles. The van der Waals surface area contributed by atoms with Gasteiger partial charge in [-0.2, -0.15) is 4.98 Å². The average Bonchev–Trinajstić information content (AvgIpc) is 3.04. The lowest BCUT2D eigenvalue weighted by molar-refractivity contribution is -0.139. The molecule has 0 aliphatic carbocycles. The smallest absolute Gasteiger partial charge is 0.341 e. The number of hydrogen-bond acceptors (Lipinski definition) is 5. The first-order valence-corrected chi connectivity index (χ1v) is 6.56. The molecule has 3 aromatic rings. The molecule has 22 heavy (non-hydrogen) atoms. The van der Waals surface area contributed by atoms with Gasteiger partial charge in [-0.15, -0.1) is 0 Å². The summed E-state index contributed by atoms with van der Waals surface area (Å²) in [5.41, 5.74) is 1.52. The summed E-state index contributed by atoms with van der Waals surface area (Å²) in [7, 11) is 0. The molecular weight excluding hydrogens is 284 g/mol. The number of aliphatic carboxylic acids is 1. The third kappa shape index (κ3) is 3.12. The molecule has 0 radical (unpaired) electrons. The van der Waals surface area contributed by atoms with Crippen molar-refractivity contribution in [2.75, 3.05) is 6.61 Å². The first-order valence-electron chi connectivity index (χ1n) is 6.56. The lowest BCUT2D eigenvalue weighted by Gasteiger charge is -2.03. The molecule has 0 fully saturated rings. The van der Waals surface area contributed by atoms with Crippen molar-refractivity contribution in [1.82, 2.24) is 10.1 Å². The van der Waals surface area contributed by atoms with E-state index >= 15 is 0 Å². The molecule has 0 aliphatic heterocycles. The Balaban J connectivity index is 1.84. The van der Waals surface area contributed by atoms with Crippen LogP contribution < -0.4 is 4.74 Å². The van der Waals surface area contributed by atoms with E-state index in [4.69, 9.17) is 14.4 Å². The van der Waals surface area contributed by atoms with E-state index in [1.807, 2.05) is 30.3 Å². The van der Waals surface area contributed by atoms with Crippen molar-refractivity contribution in [2.45, 2.75) is 0 Å². The largest absolute Gasteiger partial charge is 0.482 e. The van der Waals surface area contributed by atoms with Gasteiger partial charge in [-0.1, -0.05) is 35.5 Å². The molecule has 0 unspecified atom stereocenters. The Labute approximate surface area is 126 Å². The molecule has 0 bridgehead atoms. The highest BCUT2D eigenvalue weighted by Crippen LogP contribution is 2.24. The number of hydrogen-bond donors (Lipinski definition) is 1. The normalized spacial score (nSPS) is 10.4. The summed E-state index contributed by atoms with van der Waals surface area (Å²) in [6, 6.07) is 16.3. The van der Waals surface area contributed by atoms with Gasteiger partial charge in [0, 0.05) is 11.1 Å². The minimum absolute atomic E-state index is 0.398. The molecule has 0 spiro atoms. The quantitative estimate of drug-likeness (QED) is 0.779. The summed E-state index contributed by atoms with van der Waals surface area (Å²) in [4.78, 5) is 14.9. The Morgan fingerprint density at radius 2 is 1.86 bits per heavy atom. The molecule has 1 heterocycles. The van der Waals surface area contributed by atoms with Crippen LogP contribution in [0.25, 0.3) is 22.8 Å². The van der Waals surface area contributed by atoms with Crippen molar-refractivity contribution in [1.29, 1.82) is 0 Å². The van der Waals surface area contributed by atoms with Gasteiger partial charge in [0.15, 0.2) is 6.61 Å². The van der Waals surface area contributed by atoms with Crippen LogP contribution >= 0.6 is 0 Å². The van der Waals surface area contributed by atoms with Gasteiger partial charge in [0.05, 0.1) is 0 Å². The molecule has 0 amide bonds. The first kappa shape index (κ1) is 13.8. The van der Waals surface area contributed by atoms with E-state index < -0.39 is 12.6 Å². The Kier molecular flexibility index (Phi) is 3.82. The number of carboxylic acid groups (broad SMARTS) is 1. The molecule has 1 N–H and O–H groups in total. The van der Waals surface area contributed by atoms with Gasteiger partial charge < -0.3 is 14.4 Å². The van der Waals surface area contributed by atoms with E-state index in [2.05, 4.69) is 10.1 Å². The van der Waals surface area contributed by atoms with Crippen molar-refractivity contribution in [3.05, 3.63) is 54.6 Å². The van der Waals surface area contributed by atoms with Gasteiger partial charge in [0.2, 0.25) is 5.82 Å². The number of carbonyl (C=O) groups is 1. The highest BCUT2D eigenvalue weighted by Gasteiger charge is 2.11. The molecule has 110 valence electrons. The van der Waals surface area contributed by atoms with E-state index in [1.165, 1.54) is 0 Å². The summed E-state index contributed by atoms with van der Waals surface area (Å²) >= 11 is 0. The predicted octanol–water partition coefficient (Wildman–Crippen LogP) is 2.87. The Morgan fingerprint density at radius 1 is 1.09 bits per heavy atom. The summed E-state index contributed by atoms with van der Waals surface area (Å²) in [6.07, 6.45) is 0. The molecule has 3 rings (SSSR count). The first-order chi connectivity index (χ1) is 10.7. The van der Waals surface area contributed by atoms with Gasteiger partial charge in [0.1, 0.15) is 5.75 Å². The molecule has 0 saturated heterocycles. The zero-order valence-corrected chi connectivity index (χ0v) is 11.5. The van der Waals surface area contributed by atoms with E-state index in [-0.39, 0.29) is 0 Å². The third-order valence-electron chi connectivity index (χ3n) is 2.90. The standard InChI is InChI=1S/C16H12N2O4/c19-14(20)10-21-13-8-4-7-12(9-13)15-17-16(22-18-15)11-5-2-1-3-6-11/h1-9H,10H2,(H,19,20). The van der Waals surface area contributed by atoms with Gasteiger partial charge in [-0.25, -0.2) is 4.79 Å². The maximum atomic E-state index is 10.5. The van der Waals surface area contributed by atoms with Crippen LogP contribution in [0, 0.1) is 0 Å². The Bertz CT molecular complexity index is 784. The minimum Gasteiger partial charge on any atom is -0.482 e. The van der Waals surface area contributed by atoms with E-state index in [0.717, 1.165) is 5.56 Å². The van der Waals surface area contributed by atoms with Crippen molar-refractivity contribution in [2.24, 2.45) is 0 Å². The second-order valence-corrected chi connectivity index (χ2v) is 4.50. The van der Waals surface area contributed by atoms with Crippen LogP contribution in [-0.4, -0.2) is 27.8 Å². The highest BCUT2D eigenvalue weighted by atomic mass is 16.5. The number of nitrogens with zero attached hydrogens (tertiary/aromatic N) is 2. The second-order valence-electron chi connectivity index (χ2n) is 4.50. The number of ether oxygens (including phenoxy) is 1. The van der Waals surface area contributed by atoms with Gasteiger partial charge >= 0.3 is 5.97 Å². The molecule has 0 atom stereocenters. The van der Waals surface area contributed by atoms with Crippen molar-refractivity contribution in [3.8, 4) is 28.6 Å². The molecule has 6 heteroatoms. The fourth-order valence-corrected chi connectivity index (χ4v) is 1.91. The van der Waals surface area contributed by atoms with Gasteiger partial charge in [0.25, 0.3) is 5.89 Å². The van der Waals surface area contributed by atoms with Crippen molar-refractivity contribution >= 4 is 5.97 Å². The summed E-state index contributed by atoms with van der Waals surface area (Å²) in [5, 5.41) is 12.6. The molecule has 0 aliphatic rings. The Morgan fingerprint density at radius 3 is 2.64 bits per heavy atom. The van der Waals surface area contributed by atoms with Gasteiger partial charge in [-0.05, 0) is 24.3 Å². The van der Waals surface area contributed by atoms with E-state index in [9.17, 15) is 4.79 Å². The second kappa shape index (κ2) is 6.09. The average molecular weight is 296 g/mol. The van der Waals surface area contributed by atoms with Crippen LogP contribution in [0.4, 0.5) is 0 Å². The lowest BCUT2D eigenvalue weighted by atomic mass is 10.2. The maximum Gasteiger partial charge on any atom is 0.341 e. The zero-order valence-electron chi connectivity index (χ0n) is 11.5. The van der Waals surface area contributed by atoms with Crippen LogP contribution in [0.5, 0.6) is 5.75 Å². The third-order valence-corrected chi connectivity index (χ3v) is 2.90.